The lowest BCUT2D eigenvalue weighted by Gasteiger charge is -2.38. The molecule has 1 aromatic carbocycles. The zero-order chi connectivity index (χ0) is 19.6. The van der Waals surface area contributed by atoms with Gasteiger partial charge in [0, 0.05) is 19.1 Å². The summed E-state index contributed by atoms with van der Waals surface area (Å²) in [6.07, 6.45) is 0.360. The van der Waals surface area contributed by atoms with Crippen molar-refractivity contribution in [3.63, 3.8) is 0 Å². The van der Waals surface area contributed by atoms with Gasteiger partial charge >= 0.3 is 11.9 Å². The maximum atomic E-state index is 12.7. The van der Waals surface area contributed by atoms with Gasteiger partial charge in [0.25, 0.3) is 0 Å². The lowest BCUT2D eigenvalue weighted by atomic mass is 9.94. The Morgan fingerprint density at radius 1 is 1.37 bits per heavy atom. The number of esters is 2. The van der Waals surface area contributed by atoms with Crippen molar-refractivity contribution in [2.75, 3.05) is 12.4 Å². The molecule has 0 unspecified atom stereocenters. The van der Waals surface area contributed by atoms with Crippen LogP contribution < -0.4 is 4.74 Å². The van der Waals surface area contributed by atoms with Crippen LogP contribution in [0.5, 0.6) is 5.75 Å². The number of benzene rings is 1. The molecule has 0 radical (unpaired) electrons. The number of ether oxygens (including phenoxy) is 2. The number of thioether (sulfide) groups is 1. The Morgan fingerprint density at radius 3 is 2.85 bits per heavy atom. The minimum Gasteiger partial charge on any atom is -0.463 e. The first-order valence-corrected chi connectivity index (χ1v) is 9.60. The smallest absolute Gasteiger partial charge is 0.338 e. The third-order valence-electron chi connectivity index (χ3n) is 4.14. The van der Waals surface area contributed by atoms with Crippen LogP contribution >= 0.6 is 11.8 Å². The fraction of sp³-hybridized carbons (Fsp3) is 0.368. The van der Waals surface area contributed by atoms with Gasteiger partial charge in [-0.25, -0.2) is 9.79 Å². The molecule has 1 amide bonds. The number of carbonyl (C=O) groups excluding carboxylic acids is 3. The summed E-state index contributed by atoms with van der Waals surface area (Å²) >= 11 is 1.48. The molecular weight excluding hydrogens is 368 g/mol. The molecule has 3 rings (SSSR count). The predicted octanol–water partition coefficient (Wildman–Crippen LogP) is 2.83. The van der Waals surface area contributed by atoms with Crippen molar-refractivity contribution in [2.45, 2.75) is 33.2 Å². The molecule has 2 heterocycles. The molecule has 0 N–H and O–H groups in total. The second-order valence-electron chi connectivity index (χ2n) is 6.04. The Kier molecular flexibility index (Phi) is 5.65. The van der Waals surface area contributed by atoms with Gasteiger partial charge in [-0.15, -0.1) is 0 Å². The number of hydrogen-bond donors (Lipinski definition) is 0. The van der Waals surface area contributed by atoms with Crippen LogP contribution in [0.1, 0.15) is 38.8 Å². The first-order valence-electron chi connectivity index (χ1n) is 8.62. The topological polar surface area (TPSA) is 85.3 Å². The zero-order valence-corrected chi connectivity index (χ0v) is 16.2. The number of fused-ring (bicyclic) bond motifs is 1. The highest BCUT2D eigenvalue weighted by molar-refractivity contribution is 8.14. The number of allylic oxidation sites excluding steroid dienone is 1. The van der Waals surface area contributed by atoms with Crippen LogP contribution in [0.4, 0.5) is 0 Å². The van der Waals surface area contributed by atoms with E-state index in [1.807, 2.05) is 0 Å². The number of amidine groups is 1. The van der Waals surface area contributed by atoms with Gasteiger partial charge in [-0.1, -0.05) is 23.9 Å². The van der Waals surface area contributed by atoms with Crippen molar-refractivity contribution in [3.05, 3.63) is 41.1 Å². The molecule has 0 aromatic heterocycles. The van der Waals surface area contributed by atoms with E-state index in [1.165, 1.54) is 18.7 Å². The van der Waals surface area contributed by atoms with Gasteiger partial charge in [-0.05, 0) is 31.5 Å². The molecule has 0 bridgehead atoms. The minimum atomic E-state index is -0.674. The third kappa shape index (κ3) is 3.90. The molecule has 27 heavy (non-hydrogen) atoms. The summed E-state index contributed by atoms with van der Waals surface area (Å²) in [4.78, 5) is 42.6. The molecule has 7 nitrogen and oxygen atoms in total. The summed E-state index contributed by atoms with van der Waals surface area (Å²) in [6, 6.07) is 6.15. The first kappa shape index (κ1) is 19.2. The average molecular weight is 388 g/mol. The molecule has 0 spiro atoms. The maximum absolute atomic E-state index is 12.7. The summed E-state index contributed by atoms with van der Waals surface area (Å²) in [5, 5.41) is 0.569. The van der Waals surface area contributed by atoms with E-state index < -0.39 is 18.0 Å². The number of nitrogens with zero attached hydrogens (tertiary/aromatic N) is 2. The molecule has 142 valence electrons. The standard InChI is InChI=1S/C19H20N2O5S/c1-4-25-18(24)16-11(2)20-19-21(15(23)8-9-27-19)17(16)13-6-5-7-14(10-13)26-12(3)22/h5-7,10,17H,4,8-9H2,1-3H3/t17-/m1/s1. The van der Waals surface area contributed by atoms with Gasteiger partial charge in [0.05, 0.1) is 23.9 Å². The van der Waals surface area contributed by atoms with Gasteiger partial charge in [0.1, 0.15) is 5.75 Å². The number of carbonyl (C=O) groups is 3. The van der Waals surface area contributed by atoms with Crippen LogP contribution in [-0.4, -0.2) is 40.3 Å². The van der Waals surface area contributed by atoms with Crippen LogP contribution in [0, 0.1) is 0 Å². The molecule has 8 heteroatoms. The monoisotopic (exact) mass is 388 g/mol. The van der Waals surface area contributed by atoms with Crippen LogP contribution in [0.25, 0.3) is 0 Å². The minimum absolute atomic E-state index is 0.107. The molecular formula is C19H20N2O5S. The summed E-state index contributed by atoms with van der Waals surface area (Å²) in [7, 11) is 0. The fourth-order valence-corrected chi connectivity index (χ4v) is 4.10. The van der Waals surface area contributed by atoms with E-state index >= 15 is 0 Å². The fourth-order valence-electron chi connectivity index (χ4n) is 3.10. The zero-order valence-electron chi connectivity index (χ0n) is 15.4. The lowest BCUT2D eigenvalue weighted by molar-refractivity contribution is -0.140. The molecule has 1 saturated heterocycles. The summed E-state index contributed by atoms with van der Waals surface area (Å²) < 4.78 is 10.4. The van der Waals surface area contributed by atoms with Gasteiger partial charge in [-0.3, -0.25) is 14.5 Å². The lowest BCUT2D eigenvalue weighted by Crippen LogP contribution is -2.45. The number of aliphatic imine (C=N–C) groups is 1. The molecule has 1 atom stereocenters. The van der Waals surface area contributed by atoms with Gasteiger partial charge < -0.3 is 9.47 Å². The highest BCUT2D eigenvalue weighted by Crippen LogP contribution is 2.41. The molecule has 1 aromatic rings. The van der Waals surface area contributed by atoms with Crippen LogP contribution in [0.3, 0.4) is 0 Å². The van der Waals surface area contributed by atoms with Crippen molar-refractivity contribution in [2.24, 2.45) is 4.99 Å². The number of hydrogen-bond acceptors (Lipinski definition) is 7. The Morgan fingerprint density at radius 2 is 2.15 bits per heavy atom. The second kappa shape index (κ2) is 7.96. The van der Waals surface area contributed by atoms with Crippen molar-refractivity contribution in [3.8, 4) is 5.75 Å². The maximum Gasteiger partial charge on any atom is 0.338 e. The van der Waals surface area contributed by atoms with Crippen molar-refractivity contribution < 1.29 is 23.9 Å². The molecule has 0 aliphatic carbocycles. The van der Waals surface area contributed by atoms with Crippen molar-refractivity contribution >= 4 is 34.8 Å². The quantitative estimate of drug-likeness (QED) is 0.582. The highest BCUT2D eigenvalue weighted by atomic mass is 32.2. The Bertz CT molecular complexity index is 861. The molecule has 2 aliphatic heterocycles. The van der Waals surface area contributed by atoms with E-state index in [0.717, 1.165) is 0 Å². The van der Waals surface area contributed by atoms with E-state index in [1.54, 1.807) is 43.0 Å². The Labute approximate surface area is 161 Å². The first-order chi connectivity index (χ1) is 12.9. The van der Waals surface area contributed by atoms with Crippen LogP contribution in [-0.2, 0) is 19.1 Å². The Balaban J connectivity index is 2.12. The molecule has 1 fully saturated rings. The van der Waals surface area contributed by atoms with Crippen molar-refractivity contribution in [1.82, 2.24) is 4.90 Å². The highest BCUT2D eigenvalue weighted by Gasteiger charge is 2.41. The second-order valence-corrected chi connectivity index (χ2v) is 7.11. The van der Waals surface area contributed by atoms with Crippen LogP contribution in [0.15, 0.2) is 40.5 Å². The largest absolute Gasteiger partial charge is 0.463 e. The van der Waals surface area contributed by atoms with E-state index in [4.69, 9.17) is 9.47 Å². The van der Waals surface area contributed by atoms with Gasteiger partial charge in [0.2, 0.25) is 5.91 Å². The van der Waals surface area contributed by atoms with E-state index in [-0.39, 0.29) is 12.5 Å². The third-order valence-corrected chi connectivity index (χ3v) is 5.09. The van der Waals surface area contributed by atoms with Gasteiger partial charge in [0.15, 0.2) is 5.17 Å². The summed E-state index contributed by atoms with van der Waals surface area (Å²) in [5.74, 6) is -0.0630. The molecule has 2 aliphatic rings. The van der Waals surface area contributed by atoms with Gasteiger partial charge in [-0.2, -0.15) is 0 Å². The Hall–Kier alpha value is -2.61. The summed E-state index contributed by atoms with van der Waals surface area (Å²) in [5.41, 5.74) is 1.49. The average Bonchev–Trinajstić information content (AvgIpc) is 2.60. The van der Waals surface area contributed by atoms with E-state index in [0.29, 0.717) is 39.9 Å². The normalized spacial score (nSPS) is 19.4. The number of amides is 1. The van der Waals surface area contributed by atoms with Crippen molar-refractivity contribution in [1.29, 1.82) is 0 Å². The van der Waals surface area contributed by atoms with E-state index in [9.17, 15) is 14.4 Å². The number of rotatable bonds is 4. The molecule has 0 saturated carbocycles. The predicted molar refractivity (Wildman–Crippen MR) is 101 cm³/mol. The van der Waals surface area contributed by atoms with Crippen LogP contribution in [0.2, 0.25) is 0 Å². The SMILES string of the molecule is CCOC(=O)C1=C(C)N=C2SCCC(=O)N2[C@@H]1c1cccc(OC(C)=O)c1. The van der Waals surface area contributed by atoms with E-state index in [2.05, 4.69) is 4.99 Å². The summed E-state index contributed by atoms with van der Waals surface area (Å²) in [6.45, 7) is 4.99.